The Labute approximate surface area is 123 Å². The Bertz CT molecular complexity index is 699. The zero-order chi connectivity index (χ0) is 13.9. The zero-order valence-corrected chi connectivity index (χ0v) is 12.4. The number of benzene rings is 2. The highest BCUT2D eigenvalue weighted by atomic mass is 32.2. The van der Waals surface area contributed by atoms with Gasteiger partial charge in [0.05, 0.1) is 0 Å². The van der Waals surface area contributed by atoms with Crippen LogP contribution in [-0.4, -0.2) is 0 Å². The zero-order valence-electron chi connectivity index (χ0n) is 11.6. The normalized spacial score (nSPS) is 10.7. The molecular weight excluding hydrogens is 264 g/mol. The van der Waals surface area contributed by atoms with Crippen LogP contribution in [0.5, 0.6) is 0 Å². The molecule has 1 heterocycles. The van der Waals surface area contributed by atoms with Crippen molar-refractivity contribution in [3.05, 3.63) is 71.8 Å². The molecule has 0 aliphatic heterocycles. The summed E-state index contributed by atoms with van der Waals surface area (Å²) in [7, 11) is 0. The Morgan fingerprint density at radius 3 is 2.00 bits per heavy atom. The van der Waals surface area contributed by atoms with Crippen LogP contribution in [0.2, 0.25) is 0 Å². The van der Waals surface area contributed by atoms with Crippen molar-refractivity contribution in [3.63, 3.8) is 0 Å². The van der Waals surface area contributed by atoms with Gasteiger partial charge in [-0.25, -0.2) is 0 Å². The summed E-state index contributed by atoms with van der Waals surface area (Å²) in [6, 6.07) is 20.6. The summed E-state index contributed by atoms with van der Waals surface area (Å²) in [5.74, 6) is 0.974. The highest BCUT2D eigenvalue weighted by Gasteiger charge is 2.15. The molecule has 3 rings (SSSR count). The Morgan fingerprint density at radius 2 is 1.35 bits per heavy atom. The summed E-state index contributed by atoms with van der Waals surface area (Å²) >= 11 is 1.68. The van der Waals surface area contributed by atoms with Gasteiger partial charge in [-0.1, -0.05) is 60.3 Å². The molecule has 2 heteroatoms. The number of hydrogen-bond acceptors (Lipinski definition) is 2. The molecule has 0 saturated heterocycles. The Hall–Kier alpha value is -1.93. The molecule has 100 valence electrons. The first-order valence-electron chi connectivity index (χ1n) is 6.64. The minimum atomic E-state index is 0.974. The third-order valence-electron chi connectivity index (χ3n) is 3.39. The molecule has 0 atom stereocenters. The van der Waals surface area contributed by atoms with Crippen LogP contribution in [0.15, 0.2) is 75.1 Å². The minimum absolute atomic E-state index is 0.974. The maximum atomic E-state index is 6.10. The minimum Gasteiger partial charge on any atom is -0.449 e. The predicted octanol–water partition coefficient (Wildman–Crippen LogP) is 5.71. The van der Waals surface area contributed by atoms with E-state index in [1.165, 1.54) is 16.0 Å². The van der Waals surface area contributed by atoms with Gasteiger partial charge in [-0.2, -0.15) is 0 Å². The molecule has 0 bridgehead atoms. The van der Waals surface area contributed by atoms with E-state index in [1.807, 2.05) is 36.4 Å². The monoisotopic (exact) mass is 280 g/mol. The number of rotatable bonds is 3. The number of hydrogen-bond donors (Lipinski definition) is 0. The van der Waals surface area contributed by atoms with E-state index in [0.717, 1.165) is 16.4 Å². The average Bonchev–Trinajstić information content (AvgIpc) is 2.78. The van der Waals surface area contributed by atoms with Crippen LogP contribution in [0.1, 0.15) is 11.1 Å². The lowest BCUT2D eigenvalue weighted by Crippen LogP contribution is -1.78. The van der Waals surface area contributed by atoms with Gasteiger partial charge in [0.2, 0.25) is 0 Å². The molecule has 0 aliphatic rings. The number of furan rings is 1. The highest BCUT2D eigenvalue weighted by molar-refractivity contribution is 7.99. The highest BCUT2D eigenvalue weighted by Crippen LogP contribution is 2.38. The van der Waals surface area contributed by atoms with Crippen molar-refractivity contribution in [1.82, 2.24) is 0 Å². The van der Waals surface area contributed by atoms with E-state index in [4.69, 9.17) is 4.42 Å². The molecule has 0 N–H and O–H groups in total. The van der Waals surface area contributed by atoms with Crippen LogP contribution < -0.4 is 0 Å². The van der Waals surface area contributed by atoms with Gasteiger partial charge in [-0.3, -0.25) is 0 Å². The quantitative estimate of drug-likeness (QED) is 0.609. The van der Waals surface area contributed by atoms with E-state index in [1.54, 1.807) is 11.8 Å². The standard InChI is InChI=1S/C18H16OS/c1-13-14(2)18(20-16-11-7-4-8-12-16)19-17(13)15-9-5-3-6-10-15/h3-12H,1-2H3. The molecule has 0 unspecified atom stereocenters. The topological polar surface area (TPSA) is 13.1 Å². The van der Waals surface area contributed by atoms with Gasteiger partial charge < -0.3 is 4.42 Å². The van der Waals surface area contributed by atoms with Gasteiger partial charge in [0.25, 0.3) is 0 Å². The summed E-state index contributed by atoms with van der Waals surface area (Å²) in [4.78, 5) is 1.20. The lowest BCUT2D eigenvalue weighted by molar-refractivity contribution is 0.483. The van der Waals surface area contributed by atoms with Crippen LogP contribution in [0.4, 0.5) is 0 Å². The van der Waals surface area contributed by atoms with Gasteiger partial charge in [-0.15, -0.1) is 0 Å². The lowest BCUT2D eigenvalue weighted by Gasteiger charge is -1.99. The van der Waals surface area contributed by atoms with E-state index in [9.17, 15) is 0 Å². The van der Waals surface area contributed by atoms with Crippen LogP contribution in [0.3, 0.4) is 0 Å². The maximum Gasteiger partial charge on any atom is 0.168 e. The second-order valence-electron chi connectivity index (χ2n) is 4.75. The van der Waals surface area contributed by atoms with Crippen LogP contribution in [-0.2, 0) is 0 Å². The van der Waals surface area contributed by atoms with Crippen LogP contribution in [0.25, 0.3) is 11.3 Å². The molecule has 0 spiro atoms. The van der Waals surface area contributed by atoms with E-state index < -0.39 is 0 Å². The molecule has 3 aromatic rings. The van der Waals surface area contributed by atoms with E-state index >= 15 is 0 Å². The first-order valence-corrected chi connectivity index (χ1v) is 7.45. The molecule has 1 aromatic heterocycles. The third kappa shape index (κ3) is 2.52. The van der Waals surface area contributed by atoms with Crippen LogP contribution >= 0.6 is 11.8 Å². The van der Waals surface area contributed by atoms with Gasteiger partial charge in [0, 0.05) is 16.0 Å². The summed E-state index contributed by atoms with van der Waals surface area (Å²) in [5.41, 5.74) is 3.57. The Balaban J connectivity index is 1.98. The molecule has 0 saturated carbocycles. The first kappa shape index (κ1) is 13.1. The summed E-state index contributed by atoms with van der Waals surface area (Å²) < 4.78 is 6.10. The summed E-state index contributed by atoms with van der Waals surface area (Å²) in [6.07, 6.45) is 0. The van der Waals surface area contributed by atoms with E-state index in [0.29, 0.717) is 0 Å². The third-order valence-corrected chi connectivity index (χ3v) is 4.48. The largest absolute Gasteiger partial charge is 0.449 e. The fraction of sp³-hybridized carbons (Fsp3) is 0.111. The second kappa shape index (κ2) is 5.59. The van der Waals surface area contributed by atoms with Gasteiger partial charge in [0.15, 0.2) is 5.09 Å². The fourth-order valence-corrected chi connectivity index (χ4v) is 3.07. The van der Waals surface area contributed by atoms with Crippen molar-refractivity contribution in [2.75, 3.05) is 0 Å². The van der Waals surface area contributed by atoms with Gasteiger partial charge in [-0.05, 0) is 31.5 Å². The molecular formula is C18H16OS. The fourth-order valence-electron chi connectivity index (χ4n) is 2.13. The SMILES string of the molecule is Cc1c(Sc2ccccc2)oc(-c2ccccc2)c1C. The second-order valence-corrected chi connectivity index (χ2v) is 5.80. The van der Waals surface area contributed by atoms with Crippen molar-refractivity contribution in [1.29, 1.82) is 0 Å². The molecule has 0 aliphatic carbocycles. The molecule has 1 nitrogen and oxygen atoms in total. The molecule has 20 heavy (non-hydrogen) atoms. The summed E-state index contributed by atoms with van der Waals surface area (Å²) in [6.45, 7) is 4.24. The summed E-state index contributed by atoms with van der Waals surface area (Å²) in [5, 5.41) is 0.979. The molecule has 0 radical (unpaired) electrons. The van der Waals surface area contributed by atoms with Crippen molar-refractivity contribution < 1.29 is 4.42 Å². The van der Waals surface area contributed by atoms with Crippen molar-refractivity contribution >= 4 is 11.8 Å². The van der Waals surface area contributed by atoms with Crippen molar-refractivity contribution in [2.24, 2.45) is 0 Å². The van der Waals surface area contributed by atoms with Crippen LogP contribution in [0, 0.1) is 13.8 Å². The van der Waals surface area contributed by atoms with Crippen molar-refractivity contribution in [2.45, 2.75) is 23.8 Å². The Kier molecular flexibility index (Phi) is 3.66. The lowest BCUT2D eigenvalue weighted by atomic mass is 10.1. The molecule has 0 amide bonds. The molecule has 2 aromatic carbocycles. The first-order chi connectivity index (χ1) is 9.75. The average molecular weight is 280 g/mol. The van der Waals surface area contributed by atoms with E-state index in [-0.39, 0.29) is 0 Å². The van der Waals surface area contributed by atoms with Gasteiger partial charge in [0.1, 0.15) is 5.76 Å². The smallest absolute Gasteiger partial charge is 0.168 e. The van der Waals surface area contributed by atoms with Gasteiger partial charge >= 0.3 is 0 Å². The predicted molar refractivity (Wildman–Crippen MR) is 84.2 cm³/mol. The molecule has 0 fully saturated rings. The van der Waals surface area contributed by atoms with Crippen molar-refractivity contribution in [3.8, 4) is 11.3 Å². The Morgan fingerprint density at radius 1 is 0.750 bits per heavy atom. The van der Waals surface area contributed by atoms with E-state index in [2.05, 4.69) is 38.1 Å². The maximum absolute atomic E-state index is 6.10.